The van der Waals surface area contributed by atoms with Gasteiger partial charge >= 0.3 is 0 Å². The number of rotatable bonds is 4. The van der Waals surface area contributed by atoms with E-state index in [4.69, 9.17) is 11.0 Å². The lowest BCUT2D eigenvalue weighted by molar-refractivity contribution is 0.889. The molecule has 0 bridgehead atoms. The highest BCUT2D eigenvalue weighted by Crippen LogP contribution is 2.23. The molecule has 92 valence electrons. The smallest absolute Gasteiger partial charge is 0.0992 e. The molecule has 0 radical (unpaired) electrons. The maximum atomic E-state index is 8.80. The molecule has 1 aromatic heterocycles. The largest absolute Gasteiger partial charge is 0.397 e. The summed E-state index contributed by atoms with van der Waals surface area (Å²) >= 11 is 1.77. The third-order valence-electron chi connectivity index (χ3n) is 2.84. The molecule has 0 amide bonds. The average molecular weight is 257 g/mol. The summed E-state index contributed by atoms with van der Waals surface area (Å²) in [6.45, 7) is 0.913. The van der Waals surface area contributed by atoms with Gasteiger partial charge < -0.3 is 10.6 Å². The van der Waals surface area contributed by atoms with Crippen LogP contribution in [0.2, 0.25) is 0 Å². The van der Waals surface area contributed by atoms with Crippen molar-refractivity contribution in [3.63, 3.8) is 0 Å². The normalized spacial score (nSPS) is 10.0. The highest BCUT2D eigenvalue weighted by molar-refractivity contribution is 7.09. The van der Waals surface area contributed by atoms with Gasteiger partial charge in [0.25, 0.3) is 0 Å². The van der Waals surface area contributed by atoms with Crippen LogP contribution in [0.1, 0.15) is 10.4 Å². The minimum absolute atomic E-state index is 0.600. The molecule has 1 heterocycles. The van der Waals surface area contributed by atoms with Gasteiger partial charge in [0.1, 0.15) is 0 Å². The molecule has 2 aromatic rings. The van der Waals surface area contributed by atoms with Gasteiger partial charge in [-0.05, 0) is 36.1 Å². The van der Waals surface area contributed by atoms with E-state index >= 15 is 0 Å². The fourth-order valence-corrected chi connectivity index (χ4v) is 2.52. The Hall–Kier alpha value is -1.99. The highest BCUT2D eigenvalue weighted by atomic mass is 32.1. The van der Waals surface area contributed by atoms with Crippen molar-refractivity contribution in [3.8, 4) is 6.07 Å². The molecule has 0 atom stereocenters. The van der Waals surface area contributed by atoms with E-state index in [0.717, 1.165) is 18.7 Å². The first-order chi connectivity index (χ1) is 8.70. The van der Waals surface area contributed by atoms with Gasteiger partial charge in [0.15, 0.2) is 0 Å². The van der Waals surface area contributed by atoms with Crippen molar-refractivity contribution < 1.29 is 0 Å². The Balaban J connectivity index is 2.05. The van der Waals surface area contributed by atoms with Gasteiger partial charge in [0.05, 0.1) is 23.0 Å². The van der Waals surface area contributed by atoms with Crippen molar-refractivity contribution in [2.45, 2.75) is 6.42 Å². The van der Waals surface area contributed by atoms with E-state index in [-0.39, 0.29) is 0 Å². The monoisotopic (exact) mass is 257 g/mol. The number of nitriles is 1. The predicted octanol–water partition coefficient (Wildman–Crippen LogP) is 2.88. The summed E-state index contributed by atoms with van der Waals surface area (Å²) in [7, 11) is 2.02. The second-order valence-corrected chi connectivity index (χ2v) is 5.17. The van der Waals surface area contributed by atoms with Crippen molar-refractivity contribution in [3.05, 3.63) is 46.2 Å². The van der Waals surface area contributed by atoms with Gasteiger partial charge in [0.2, 0.25) is 0 Å². The first kappa shape index (κ1) is 12.5. The lowest BCUT2D eigenvalue weighted by atomic mass is 10.1. The Morgan fingerprint density at radius 2 is 2.22 bits per heavy atom. The molecule has 3 nitrogen and oxygen atoms in total. The van der Waals surface area contributed by atoms with Gasteiger partial charge in [-0.15, -0.1) is 11.3 Å². The van der Waals surface area contributed by atoms with Crippen LogP contribution in [0.15, 0.2) is 35.7 Å². The number of benzene rings is 1. The lowest BCUT2D eigenvalue weighted by Crippen LogP contribution is -2.21. The van der Waals surface area contributed by atoms with Crippen molar-refractivity contribution in [2.75, 3.05) is 24.2 Å². The Morgan fingerprint density at radius 3 is 2.83 bits per heavy atom. The van der Waals surface area contributed by atoms with E-state index < -0.39 is 0 Å². The number of thiophene rings is 1. The molecule has 0 saturated carbocycles. The van der Waals surface area contributed by atoms with E-state index in [9.17, 15) is 0 Å². The highest BCUT2D eigenvalue weighted by Gasteiger charge is 2.06. The SMILES string of the molecule is CN(CCc1cccs1)c1ccc(C#N)cc1N. The number of nitrogens with zero attached hydrogens (tertiary/aromatic N) is 2. The zero-order valence-corrected chi connectivity index (χ0v) is 11.1. The van der Waals surface area contributed by atoms with Gasteiger partial charge in [-0.3, -0.25) is 0 Å². The van der Waals surface area contributed by atoms with Crippen LogP contribution in [0, 0.1) is 11.3 Å². The van der Waals surface area contributed by atoms with Crippen LogP contribution in [-0.2, 0) is 6.42 Å². The van der Waals surface area contributed by atoms with Gasteiger partial charge in [-0.2, -0.15) is 5.26 Å². The van der Waals surface area contributed by atoms with E-state index in [1.54, 1.807) is 23.5 Å². The van der Waals surface area contributed by atoms with Crippen LogP contribution in [0.5, 0.6) is 0 Å². The molecule has 0 aliphatic heterocycles. The molecule has 2 N–H and O–H groups in total. The fourth-order valence-electron chi connectivity index (χ4n) is 1.82. The van der Waals surface area contributed by atoms with Crippen molar-refractivity contribution in [1.29, 1.82) is 5.26 Å². The Bertz CT molecular complexity index is 555. The molecule has 4 heteroatoms. The predicted molar refractivity (Wildman–Crippen MR) is 76.9 cm³/mol. The third-order valence-corrected chi connectivity index (χ3v) is 3.78. The standard InChI is InChI=1S/C14H15N3S/c1-17(7-6-12-3-2-8-18-12)14-5-4-11(10-15)9-13(14)16/h2-5,8-9H,6-7,16H2,1H3. The van der Waals surface area contributed by atoms with E-state index in [1.807, 2.05) is 13.1 Å². The van der Waals surface area contributed by atoms with Crippen LogP contribution < -0.4 is 10.6 Å². The molecule has 0 fully saturated rings. The first-order valence-corrected chi connectivity index (χ1v) is 6.62. The van der Waals surface area contributed by atoms with Crippen molar-refractivity contribution >= 4 is 22.7 Å². The molecular formula is C14H15N3S. The third kappa shape index (κ3) is 2.82. The second-order valence-electron chi connectivity index (χ2n) is 4.14. The lowest BCUT2D eigenvalue weighted by Gasteiger charge is -2.20. The van der Waals surface area contributed by atoms with E-state index in [0.29, 0.717) is 11.3 Å². The summed E-state index contributed by atoms with van der Waals surface area (Å²) in [5.74, 6) is 0. The van der Waals surface area contributed by atoms with Crippen LogP contribution in [-0.4, -0.2) is 13.6 Å². The topological polar surface area (TPSA) is 53.0 Å². The number of likely N-dealkylation sites (N-methyl/N-ethyl adjacent to an activating group) is 1. The fraction of sp³-hybridized carbons (Fsp3) is 0.214. The van der Waals surface area contributed by atoms with Crippen molar-refractivity contribution in [1.82, 2.24) is 0 Å². The quantitative estimate of drug-likeness (QED) is 0.857. The van der Waals surface area contributed by atoms with Gasteiger partial charge in [0, 0.05) is 18.5 Å². The summed E-state index contributed by atoms with van der Waals surface area (Å²) in [6, 6.07) is 11.7. The van der Waals surface area contributed by atoms with Crippen LogP contribution in [0.25, 0.3) is 0 Å². The zero-order chi connectivity index (χ0) is 13.0. The Labute approximate surface area is 111 Å². The maximum Gasteiger partial charge on any atom is 0.0992 e. The zero-order valence-electron chi connectivity index (χ0n) is 10.3. The minimum Gasteiger partial charge on any atom is -0.397 e. The van der Waals surface area contributed by atoms with Crippen LogP contribution in [0.3, 0.4) is 0 Å². The summed E-state index contributed by atoms with van der Waals surface area (Å²) in [5.41, 5.74) is 8.19. The summed E-state index contributed by atoms with van der Waals surface area (Å²) < 4.78 is 0. The molecule has 18 heavy (non-hydrogen) atoms. The molecule has 0 aliphatic carbocycles. The van der Waals surface area contributed by atoms with E-state index in [1.165, 1.54) is 4.88 Å². The summed E-state index contributed by atoms with van der Waals surface area (Å²) in [4.78, 5) is 3.49. The number of hydrogen-bond donors (Lipinski definition) is 1. The Kier molecular flexibility index (Phi) is 3.85. The molecular weight excluding hydrogens is 242 g/mol. The number of nitrogens with two attached hydrogens (primary N) is 1. The van der Waals surface area contributed by atoms with Crippen molar-refractivity contribution in [2.24, 2.45) is 0 Å². The molecule has 2 rings (SSSR count). The van der Waals surface area contributed by atoms with Gasteiger partial charge in [-0.1, -0.05) is 6.07 Å². The van der Waals surface area contributed by atoms with Crippen LogP contribution in [0.4, 0.5) is 11.4 Å². The molecule has 0 spiro atoms. The summed E-state index contributed by atoms with van der Waals surface area (Å²) in [6.07, 6.45) is 1.01. The number of nitrogen functional groups attached to an aromatic ring is 1. The maximum absolute atomic E-state index is 8.80. The van der Waals surface area contributed by atoms with Crippen LogP contribution >= 0.6 is 11.3 Å². The van der Waals surface area contributed by atoms with Gasteiger partial charge in [-0.25, -0.2) is 0 Å². The second kappa shape index (κ2) is 5.56. The molecule has 0 aliphatic rings. The average Bonchev–Trinajstić information content (AvgIpc) is 2.88. The molecule has 0 unspecified atom stereocenters. The summed E-state index contributed by atoms with van der Waals surface area (Å²) in [5, 5.41) is 10.9. The first-order valence-electron chi connectivity index (χ1n) is 5.74. The number of hydrogen-bond acceptors (Lipinski definition) is 4. The minimum atomic E-state index is 0.600. The number of anilines is 2. The molecule has 0 saturated heterocycles. The molecule has 1 aromatic carbocycles. The Morgan fingerprint density at radius 1 is 1.39 bits per heavy atom. The van der Waals surface area contributed by atoms with E-state index in [2.05, 4.69) is 28.5 Å².